The zero-order chi connectivity index (χ0) is 11.4. The van der Waals surface area contributed by atoms with Crippen LogP contribution in [-0.4, -0.2) is 16.6 Å². The van der Waals surface area contributed by atoms with Crippen LogP contribution in [0.5, 0.6) is 0 Å². The van der Waals surface area contributed by atoms with Crippen molar-refractivity contribution in [1.29, 1.82) is 0 Å². The smallest absolute Gasteiger partial charge is 0.201 e. The minimum Gasteiger partial charge on any atom is -0.368 e. The molecule has 1 atom stereocenters. The first kappa shape index (κ1) is 16.4. The van der Waals surface area contributed by atoms with Crippen molar-refractivity contribution in [1.82, 2.24) is 0 Å². The molecule has 0 aromatic carbocycles. The Hall–Kier alpha value is 2.36. The van der Waals surface area contributed by atoms with Crippen LogP contribution in [0.2, 0.25) is 0 Å². The summed E-state index contributed by atoms with van der Waals surface area (Å²) in [6.07, 6.45) is 4.54. The van der Waals surface area contributed by atoms with Crippen LogP contribution in [0.25, 0.3) is 0 Å². The van der Waals surface area contributed by atoms with Gasteiger partial charge < -0.3 is 5.11 Å². The zero-order valence-electron chi connectivity index (χ0n) is 7.74. The fraction of sp³-hybridized carbons (Fsp3) is 1.00. The van der Waals surface area contributed by atoms with E-state index in [9.17, 15) is 5.11 Å². The highest BCUT2D eigenvalue weighted by atomic mass is 79.9. The minimum absolute atomic E-state index is 0.130. The van der Waals surface area contributed by atoms with E-state index in [1.165, 1.54) is 12.8 Å². The summed E-state index contributed by atoms with van der Waals surface area (Å²) in [5, 5.41) is 9.78. The van der Waals surface area contributed by atoms with Crippen LogP contribution in [0.15, 0.2) is 0 Å². The third-order valence-corrected chi connectivity index (χ3v) is 9.86. The highest BCUT2D eigenvalue weighted by molar-refractivity contribution is 9.30. The second-order valence-corrected chi connectivity index (χ2v) is 11.2. The molecule has 1 N–H and O–H groups in total. The van der Waals surface area contributed by atoms with Gasteiger partial charge in [0.1, 0.15) is 3.23 Å². The van der Waals surface area contributed by atoms with Gasteiger partial charge in [0.05, 0.1) is 0 Å². The molecule has 0 aromatic heterocycles. The van der Waals surface area contributed by atoms with Crippen LogP contribution >= 0.6 is 79.6 Å². The van der Waals surface area contributed by atoms with Crippen molar-refractivity contribution in [3.05, 3.63) is 0 Å². The third-order valence-electron chi connectivity index (χ3n) is 1.86. The van der Waals surface area contributed by atoms with Crippen LogP contribution in [0.4, 0.5) is 0 Å². The Morgan fingerprint density at radius 1 is 1.14 bits per heavy atom. The SMILES string of the molecule is CCCCCC(Br)C(Br)(Br)C(O)(Br)Br. The maximum atomic E-state index is 9.78. The number of hydrogen-bond acceptors (Lipinski definition) is 1. The van der Waals surface area contributed by atoms with Gasteiger partial charge >= 0.3 is 0 Å². The summed E-state index contributed by atoms with van der Waals surface area (Å²) in [5.74, 6) is 0. The molecule has 0 amide bonds. The van der Waals surface area contributed by atoms with Gasteiger partial charge in [-0.1, -0.05) is 74.0 Å². The molecule has 0 bridgehead atoms. The fourth-order valence-corrected chi connectivity index (χ4v) is 3.22. The van der Waals surface area contributed by atoms with Gasteiger partial charge in [0.2, 0.25) is 3.42 Å². The minimum atomic E-state index is -1.17. The number of unbranched alkanes of at least 4 members (excludes halogenated alkanes) is 2. The van der Waals surface area contributed by atoms with E-state index in [0.717, 1.165) is 12.8 Å². The van der Waals surface area contributed by atoms with E-state index in [1.54, 1.807) is 0 Å². The van der Waals surface area contributed by atoms with Crippen molar-refractivity contribution in [3.8, 4) is 0 Å². The van der Waals surface area contributed by atoms with Gasteiger partial charge in [0, 0.05) is 4.83 Å². The summed E-state index contributed by atoms with van der Waals surface area (Å²) in [7, 11) is 0. The second-order valence-electron chi connectivity index (χ2n) is 3.13. The van der Waals surface area contributed by atoms with E-state index < -0.39 is 6.65 Å². The molecule has 0 aliphatic rings. The van der Waals surface area contributed by atoms with E-state index in [4.69, 9.17) is 0 Å². The van der Waals surface area contributed by atoms with Crippen molar-refractivity contribution < 1.29 is 5.11 Å². The van der Waals surface area contributed by atoms with E-state index in [0.29, 0.717) is 0 Å². The van der Waals surface area contributed by atoms with E-state index >= 15 is 0 Å². The number of alkyl halides is 5. The first-order valence-corrected chi connectivity index (χ1v) is 8.44. The highest BCUT2D eigenvalue weighted by Crippen LogP contribution is 2.51. The molecule has 0 aliphatic carbocycles. The average molecular weight is 525 g/mol. The first-order chi connectivity index (χ1) is 6.23. The molecule has 0 rings (SSSR count). The van der Waals surface area contributed by atoms with E-state index in [2.05, 4.69) is 86.6 Å². The molecule has 6 heteroatoms. The summed E-state index contributed by atoms with van der Waals surface area (Å²) in [6.45, 7) is 2.17. The Balaban J connectivity index is 4.15. The Morgan fingerprint density at radius 2 is 1.64 bits per heavy atom. The lowest BCUT2D eigenvalue weighted by molar-refractivity contribution is 0.231. The van der Waals surface area contributed by atoms with Crippen LogP contribution in [0, 0.1) is 0 Å². The maximum absolute atomic E-state index is 9.78. The summed E-state index contributed by atoms with van der Waals surface area (Å²) in [6, 6.07) is 0. The predicted molar refractivity (Wildman–Crippen MR) is 80.2 cm³/mol. The molecule has 14 heavy (non-hydrogen) atoms. The van der Waals surface area contributed by atoms with Gasteiger partial charge in [-0.3, -0.25) is 0 Å². The van der Waals surface area contributed by atoms with Crippen molar-refractivity contribution >= 4 is 79.6 Å². The molecule has 0 fully saturated rings. The van der Waals surface area contributed by atoms with Crippen molar-refractivity contribution in [2.75, 3.05) is 0 Å². The van der Waals surface area contributed by atoms with Gasteiger partial charge in [-0.25, -0.2) is 0 Å². The zero-order valence-corrected chi connectivity index (χ0v) is 15.7. The molecule has 1 nitrogen and oxygen atoms in total. The van der Waals surface area contributed by atoms with Crippen molar-refractivity contribution in [2.45, 2.75) is 44.1 Å². The fourth-order valence-electron chi connectivity index (χ4n) is 0.943. The largest absolute Gasteiger partial charge is 0.368 e. The van der Waals surface area contributed by atoms with Crippen LogP contribution < -0.4 is 0 Å². The molecular weight excluding hydrogens is 512 g/mol. The van der Waals surface area contributed by atoms with Gasteiger partial charge in [-0.2, -0.15) is 0 Å². The van der Waals surface area contributed by atoms with E-state index in [1.807, 2.05) is 0 Å². The third kappa shape index (κ3) is 5.13. The average Bonchev–Trinajstić information content (AvgIpc) is 2.02. The molecule has 86 valence electrons. The molecule has 0 aromatic rings. The summed E-state index contributed by atoms with van der Waals surface area (Å²) >= 11 is 16.8. The van der Waals surface area contributed by atoms with Crippen LogP contribution in [0.3, 0.4) is 0 Å². The second kappa shape index (κ2) is 6.94. The van der Waals surface area contributed by atoms with Gasteiger partial charge in [-0.05, 0) is 38.3 Å². The summed E-state index contributed by atoms with van der Waals surface area (Å²) in [5.41, 5.74) is 0. The van der Waals surface area contributed by atoms with Crippen molar-refractivity contribution in [2.24, 2.45) is 0 Å². The molecular formula is C8H13Br5O. The van der Waals surface area contributed by atoms with Crippen molar-refractivity contribution in [3.63, 3.8) is 0 Å². The predicted octanol–water partition coefficient (Wildman–Crippen LogP) is 5.25. The van der Waals surface area contributed by atoms with Gasteiger partial charge in [-0.15, -0.1) is 0 Å². The normalized spacial score (nSPS) is 15.6. The summed E-state index contributed by atoms with van der Waals surface area (Å²) < 4.78 is -1.80. The molecule has 0 radical (unpaired) electrons. The highest BCUT2D eigenvalue weighted by Gasteiger charge is 2.48. The lowest BCUT2D eigenvalue weighted by atomic mass is 10.1. The van der Waals surface area contributed by atoms with Crippen LogP contribution in [0.1, 0.15) is 32.6 Å². The monoisotopic (exact) mass is 520 g/mol. The maximum Gasteiger partial charge on any atom is 0.201 e. The lowest BCUT2D eigenvalue weighted by Gasteiger charge is -2.34. The first-order valence-electron chi connectivity index (χ1n) is 4.35. The molecule has 0 aliphatic heterocycles. The molecule has 0 heterocycles. The number of rotatable bonds is 6. The van der Waals surface area contributed by atoms with Gasteiger partial charge in [0.25, 0.3) is 0 Å². The number of aliphatic hydroxyl groups is 1. The Labute approximate surface area is 127 Å². The number of halogens is 5. The Kier molecular flexibility index (Phi) is 8.11. The quantitative estimate of drug-likeness (QED) is 0.372. The topological polar surface area (TPSA) is 20.2 Å². The Bertz CT molecular complexity index is 166. The standard InChI is InChI=1S/C8H13Br5O/c1-2-3-4-5-6(9)7(10,11)8(12,13)14/h6,14H,2-5H2,1H3. The van der Waals surface area contributed by atoms with E-state index in [-0.39, 0.29) is 4.83 Å². The molecule has 0 spiro atoms. The lowest BCUT2D eigenvalue weighted by Crippen LogP contribution is -2.41. The molecule has 0 saturated heterocycles. The number of hydrogen-bond donors (Lipinski definition) is 1. The van der Waals surface area contributed by atoms with Crippen LogP contribution in [-0.2, 0) is 0 Å². The summed E-state index contributed by atoms with van der Waals surface area (Å²) in [4.78, 5) is 0.130. The Morgan fingerprint density at radius 3 is 2.00 bits per heavy atom. The molecule has 0 saturated carbocycles. The van der Waals surface area contributed by atoms with Gasteiger partial charge in [0.15, 0.2) is 0 Å². The molecule has 1 unspecified atom stereocenters.